The van der Waals surface area contributed by atoms with Gasteiger partial charge in [-0.05, 0) is 49.6 Å². The average Bonchev–Trinajstić information content (AvgIpc) is 2.24. The molecule has 0 unspecified atom stereocenters. The molecule has 0 aliphatic heterocycles. The second-order valence-electron chi connectivity index (χ2n) is 4.46. The maximum absolute atomic E-state index is 9.59. The molecular formula is C11H15Br2NO2. The number of aromatic hydroxyl groups is 1. The van der Waals surface area contributed by atoms with Crippen molar-refractivity contribution in [3.63, 3.8) is 0 Å². The lowest BCUT2D eigenvalue weighted by molar-refractivity contribution is 0.132. The highest BCUT2D eigenvalue weighted by Gasteiger charge is 2.27. The minimum Gasteiger partial charge on any atom is -0.506 e. The third-order valence-electron chi connectivity index (χ3n) is 2.65. The summed E-state index contributed by atoms with van der Waals surface area (Å²) >= 11 is 6.51. The van der Waals surface area contributed by atoms with E-state index in [2.05, 4.69) is 31.9 Å². The van der Waals surface area contributed by atoms with Crippen molar-refractivity contribution < 1.29 is 10.2 Å². The molecule has 1 aromatic rings. The summed E-state index contributed by atoms with van der Waals surface area (Å²) in [7, 11) is 0. The molecule has 16 heavy (non-hydrogen) atoms. The van der Waals surface area contributed by atoms with Crippen molar-refractivity contribution in [3.8, 4) is 5.75 Å². The molecule has 0 bridgehead atoms. The zero-order chi connectivity index (χ0) is 12.5. The highest BCUT2D eigenvalue weighted by molar-refractivity contribution is 9.11. The number of phenols is 1. The second-order valence-corrected chi connectivity index (χ2v) is 6.17. The third-order valence-corrected chi connectivity index (χ3v) is 3.86. The highest BCUT2D eigenvalue weighted by atomic mass is 79.9. The first-order valence-electron chi connectivity index (χ1n) is 4.84. The molecule has 5 heteroatoms. The number of aliphatic hydroxyl groups is 1. The first-order chi connectivity index (χ1) is 7.29. The molecule has 1 rings (SSSR count). The van der Waals surface area contributed by atoms with E-state index in [0.717, 1.165) is 5.56 Å². The van der Waals surface area contributed by atoms with Gasteiger partial charge in [-0.15, -0.1) is 0 Å². The van der Waals surface area contributed by atoms with Crippen molar-refractivity contribution in [1.82, 2.24) is 0 Å². The van der Waals surface area contributed by atoms with E-state index in [1.165, 1.54) is 0 Å². The van der Waals surface area contributed by atoms with Crippen LogP contribution in [0, 0.1) is 5.41 Å². The van der Waals surface area contributed by atoms with Crippen LogP contribution in [0.1, 0.15) is 25.5 Å². The van der Waals surface area contributed by atoms with E-state index in [1.54, 1.807) is 12.1 Å². The van der Waals surface area contributed by atoms with E-state index >= 15 is 0 Å². The van der Waals surface area contributed by atoms with Crippen LogP contribution in [0.3, 0.4) is 0 Å². The van der Waals surface area contributed by atoms with Gasteiger partial charge in [-0.25, -0.2) is 0 Å². The summed E-state index contributed by atoms with van der Waals surface area (Å²) in [5.74, 6) is 0.151. The quantitative estimate of drug-likeness (QED) is 0.783. The normalized spacial score (nSPS) is 13.9. The Balaban J connectivity index is 3.15. The smallest absolute Gasteiger partial charge is 0.143 e. The third kappa shape index (κ3) is 2.77. The summed E-state index contributed by atoms with van der Waals surface area (Å²) in [5, 5.41) is 18.9. The Morgan fingerprint density at radius 2 is 1.75 bits per heavy atom. The van der Waals surface area contributed by atoms with Crippen molar-refractivity contribution in [3.05, 3.63) is 26.6 Å². The van der Waals surface area contributed by atoms with Crippen LogP contribution >= 0.6 is 31.9 Å². The monoisotopic (exact) mass is 351 g/mol. The Morgan fingerprint density at radius 3 is 2.12 bits per heavy atom. The highest BCUT2D eigenvalue weighted by Crippen LogP contribution is 2.38. The first kappa shape index (κ1) is 14.0. The van der Waals surface area contributed by atoms with E-state index in [9.17, 15) is 10.2 Å². The fraction of sp³-hybridized carbons (Fsp3) is 0.455. The SMILES string of the molecule is CC(C)(CO)[C@H](N)c1cc(Br)c(O)c(Br)c1. The largest absolute Gasteiger partial charge is 0.506 e. The van der Waals surface area contributed by atoms with Crippen molar-refractivity contribution in [2.75, 3.05) is 6.61 Å². The van der Waals surface area contributed by atoms with Crippen LogP contribution in [0.4, 0.5) is 0 Å². The number of halogens is 2. The van der Waals surface area contributed by atoms with Crippen LogP contribution in [0.2, 0.25) is 0 Å². The van der Waals surface area contributed by atoms with Gasteiger partial charge < -0.3 is 15.9 Å². The average molecular weight is 353 g/mol. The van der Waals surface area contributed by atoms with E-state index in [-0.39, 0.29) is 18.4 Å². The molecule has 3 nitrogen and oxygen atoms in total. The number of phenolic OH excluding ortho intramolecular Hbond substituents is 1. The topological polar surface area (TPSA) is 66.5 Å². The summed E-state index contributed by atoms with van der Waals surface area (Å²) < 4.78 is 1.17. The predicted molar refractivity (Wildman–Crippen MR) is 71.3 cm³/mol. The maximum atomic E-state index is 9.59. The minimum atomic E-state index is -0.407. The van der Waals surface area contributed by atoms with Crippen molar-refractivity contribution >= 4 is 31.9 Å². The molecular weight excluding hydrogens is 338 g/mol. The van der Waals surface area contributed by atoms with Gasteiger partial charge in [0.25, 0.3) is 0 Å². The Labute approximate surface area is 112 Å². The number of hydrogen-bond acceptors (Lipinski definition) is 3. The van der Waals surface area contributed by atoms with Crippen LogP contribution in [-0.4, -0.2) is 16.8 Å². The van der Waals surface area contributed by atoms with Gasteiger partial charge in [0.1, 0.15) is 5.75 Å². The molecule has 1 atom stereocenters. The van der Waals surface area contributed by atoms with Gasteiger partial charge in [-0.3, -0.25) is 0 Å². The molecule has 0 saturated heterocycles. The Bertz CT molecular complexity index is 371. The number of nitrogens with two attached hydrogens (primary N) is 1. The second kappa shape index (κ2) is 5.04. The van der Waals surface area contributed by atoms with Gasteiger partial charge in [0.2, 0.25) is 0 Å². The van der Waals surface area contributed by atoms with E-state index in [4.69, 9.17) is 5.73 Å². The van der Waals surface area contributed by atoms with Crippen molar-refractivity contribution in [2.45, 2.75) is 19.9 Å². The number of benzene rings is 1. The number of hydrogen-bond donors (Lipinski definition) is 3. The Morgan fingerprint density at radius 1 is 1.31 bits per heavy atom. The fourth-order valence-corrected chi connectivity index (χ4v) is 2.54. The maximum Gasteiger partial charge on any atom is 0.143 e. The molecule has 0 fully saturated rings. The van der Waals surface area contributed by atoms with Crippen LogP contribution in [-0.2, 0) is 0 Å². The van der Waals surface area contributed by atoms with Crippen LogP contribution < -0.4 is 5.73 Å². The zero-order valence-corrected chi connectivity index (χ0v) is 12.3. The molecule has 0 heterocycles. The Kier molecular flexibility index (Phi) is 4.40. The van der Waals surface area contributed by atoms with E-state index in [1.807, 2.05) is 13.8 Å². The molecule has 0 radical (unpaired) electrons. The molecule has 0 amide bonds. The molecule has 1 aromatic carbocycles. The lowest BCUT2D eigenvalue weighted by atomic mass is 9.82. The van der Waals surface area contributed by atoms with Crippen molar-refractivity contribution in [1.29, 1.82) is 0 Å². The van der Waals surface area contributed by atoms with Gasteiger partial charge in [0.05, 0.1) is 8.95 Å². The van der Waals surface area contributed by atoms with E-state index < -0.39 is 5.41 Å². The Hall–Kier alpha value is -0.100. The fourth-order valence-electron chi connectivity index (χ4n) is 1.31. The summed E-state index contributed by atoms with van der Waals surface area (Å²) in [5.41, 5.74) is 6.54. The standard InChI is InChI=1S/C11H15Br2NO2/c1-11(2,5-15)10(14)6-3-7(12)9(16)8(13)4-6/h3-4,10,15-16H,5,14H2,1-2H3/t10-/m1/s1. The van der Waals surface area contributed by atoms with Gasteiger partial charge in [-0.2, -0.15) is 0 Å². The molecule has 90 valence electrons. The van der Waals surface area contributed by atoms with Crippen molar-refractivity contribution in [2.24, 2.45) is 11.1 Å². The van der Waals surface area contributed by atoms with Gasteiger partial charge in [0, 0.05) is 18.1 Å². The minimum absolute atomic E-state index is 0.00425. The summed E-state index contributed by atoms with van der Waals surface area (Å²) in [6.45, 7) is 3.79. The lowest BCUT2D eigenvalue weighted by Crippen LogP contribution is -2.32. The predicted octanol–water partition coefficient (Wildman–Crippen LogP) is 2.94. The van der Waals surface area contributed by atoms with Gasteiger partial charge in [-0.1, -0.05) is 13.8 Å². The first-order valence-corrected chi connectivity index (χ1v) is 6.42. The number of rotatable bonds is 3. The molecule has 0 aliphatic carbocycles. The zero-order valence-electron chi connectivity index (χ0n) is 9.17. The molecule has 0 aliphatic rings. The van der Waals surface area contributed by atoms with Gasteiger partial charge in [0.15, 0.2) is 0 Å². The molecule has 0 saturated carbocycles. The number of aliphatic hydroxyl groups excluding tert-OH is 1. The molecule has 0 aromatic heterocycles. The summed E-state index contributed by atoms with van der Waals surface area (Å²) in [6, 6.07) is 3.23. The summed E-state index contributed by atoms with van der Waals surface area (Å²) in [4.78, 5) is 0. The molecule has 4 N–H and O–H groups in total. The van der Waals surface area contributed by atoms with Crippen LogP contribution in [0.25, 0.3) is 0 Å². The summed E-state index contributed by atoms with van der Waals surface area (Å²) in [6.07, 6.45) is 0. The lowest BCUT2D eigenvalue weighted by Gasteiger charge is -2.30. The van der Waals surface area contributed by atoms with Crippen LogP contribution in [0.5, 0.6) is 5.75 Å². The van der Waals surface area contributed by atoms with E-state index in [0.29, 0.717) is 8.95 Å². The molecule has 0 spiro atoms. The van der Waals surface area contributed by atoms with Gasteiger partial charge >= 0.3 is 0 Å². The van der Waals surface area contributed by atoms with Crippen LogP contribution in [0.15, 0.2) is 21.1 Å².